The molecule has 0 aliphatic carbocycles. The Morgan fingerprint density at radius 1 is 1.03 bits per heavy atom. The summed E-state index contributed by atoms with van der Waals surface area (Å²) in [5.74, 6) is -0.143. The number of anilines is 1. The van der Waals surface area contributed by atoms with Crippen LogP contribution in [-0.4, -0.2) is 18.6 Å². The van der Waals surface area contributed by atoms with Gasteiger partial charge in [0.25, 0.3) is 0 Å². The van der Waals surface area contributed by atoms with Crippen LogP contribution in [-0.2, 0) is 21.5 Å². The lowest BCUT2D eigenvalue weighted by Gasteiger charge is -2.32. The normalized spacial score (nSPS) is 12.5. The molecule has 0 N–H and O–H groups in total. The Labute approximate surface area is 184 Å². The summed E-state index contributed by atoms with van der Waals surface area (Å²) < 4.78 is 6.46. The number of hydrogen-bond donors (Lipinski definition) is 0. The summed E-state index contributed by atoms with van der Waals surface area (Å²) in [5, 5.41) is 0. The highest BCUT2D eigenvalue weighted by molar-refractivity contribution is 9.10. The molecule has 1 atom stereocenters. The van der Waals surface area contributed by atoms with Crippen LogP contribution in [0.3, 0.4) is 0 Å². The molecule has 0 radical (unpaired) electrons. The van der Waals surface area contributed by atoms with Crippen molar-refractivity contribution in [1.82, 2.24) is 0 Å². The number of esters is 1. The van der Waals surface area contributed by atoms with Gasteiger partial charge in [0.05, 0.1) is 6.61 Å². The lowest BCUT2D eigenvalue weighted by atomic mass is 9.86. The molecule has 0 bridgehead atoms. The molecule has 0 aliphatic heterocycles. The predicted molar refractivity (Wildman–Crippen MR) is 125 cm³/mol. The molecule has 2 aromatic carbocycles. The number of rotatable bonds is 9. The topological polar surface area (TPSA) is 29.5 Å². The summed E-state index contributed by atoms with van der Waals surface area (Å²) in [6.07, 6.45) is 2.81. The second-order valence-electron chi connectivity index (χ2n) is 8.46. The Morgan fingerprint density at radius 2 is 1.66 bits per heavy atom. The van der Waals surface area contributed by atoms with Crippen molar-refractivity contribution in [2.24, 2.45) is 0 Å². The average molecular weight is 460 g/mol. The standard InChI is InChI=1S/C25H34BrNO2/c1-6-8-9-23(24(28)29-7-2)27(22-16-14-21(26)15-17-22)18-19-10-12-20(13-11-19)25(3,4)5/h10-17,23H,6-9,18H2,1-5H3. The number of benzene rings is 2. The molecule has 29 heavy (non-hydrogen) atoms. The Morgan fingerprint density at radius 3 is 2.17 bits per heavy atom. The van der Waals surface area contributed by atoms with Crippen molar-refractivity contribution >= 4 is 27.6 Å². The second kappa shape index (κ2) is 10.8. The first-order chi connectivity index (χ1) is 13.8. The van der Waals surface area contributed by atoms with Crippen molar-refractivity contribution in [3.05, 3.63) is 64.1 Å². The van der Waals surface area contributed by atoms with Crippen LogP contribution >= 0.6 is 15.9 Å². The SMILES string of the molecule is CCCCC(C(=O)OCC)N(Cc1ccc(C(C)(C)C)cc1)c1ccc(Br)cc1. The van der Waals surface area contributed by atoms with Gasteiger partial charge in [-0.1, -0.05) is 80.7 Å². The van der Waals surface area contributed by atoms with Crippen molar-refractivity contribution in [2.75, 3.05) is 11.5 Å². The highest BCUT2D eigenvalue weighted by Gasteiger charge is 2.27. The molecule has 0 aromatic heterocycles. The van der Waals surface area contributed by atoms with Gasteiger partial charge in [-0.15, -0.1) is 0 Å². The molecule has 4 heteroatoms. The summed E-state index contributed by atoms with van der Waals surface area (Å²) in [7, 11) is 0. The number of carbonyl (C=O) groups is 1. The molecule has 2 rings (SSSR count). The second-order valence-corrected chi connectivity index (χ2v) is 9.38. The van der Waals surface area contributed by atoms with Crippen LogP contribution in [0.15, 0.2) is 53.0 Å². The lowest BCUT2D eigenvalue weighted by Crippen LogP contribution is -2.42. The van der Waals surface area contributed by atoms with Crippen LogP contribution in [0.1, 0.15) is 65.0 Å². The van der Waals surface area contributed by atoms with E-state index in [0.717, 1.165) is 29.4 Å². The van der Waals surface area contributed by atoms with Gasteiger partial charge in [-0.25, -0.2) is 4.79 Å². The Balaban J connectivity index is 2.37. The number of unbranched alkanes of at least 4 members (excludes halogenated alkanes) is 1. The number of ether oxygens (including phenoxy) is 1. The first-order valence-corrected chi connectivity index (χ1v) is 11.3. The summed E-state index contributed by atoms with van der Waals surface area (Å²) in [5.41, 5.74) is 3.65. The molecular weight excluding hydrogens is 426 g/mol. The maximum atomic E-state index is 12.8. The van der Waals surface area contributed by atoms with Gasteiger partial charge in [-0.3, -0.25) is 0 Å². The van der Waals surface area contributed by atoms with Crippen molar-refractivity contribution in [3.63, 3.8) is 0 Å². The van der Waals surface area contributed by atoms with Gasteiger partial charge in [0.2, 0.25) is 0 Å². The van der Waals surface area contributed by atoms with Gasteiger partial charge < -0.3 is 9.64 Å². The number of nitrogens with zero attached hydrogens (tertiary/aromatic N) is 1. The number of carbonyl (C=O) groups excluding carboxylic acids is 1. The zero-order valence-corrected chi connectivity index (χ0v) is 20.0. The fourth-order valence-electron chi connectivity index (χ4n) is 3.36. The van der Waals surface area contributed by atoms with E-state index in [4.69, 9.17) is 4.74 Å². The van der Waals surface area contributed by atoms with Crippen LogP contribution in [0.4, 0.5) is 5.69 Å². The molecule has 0 heterocycles. The largest absolute Gasteiger partial charge is 0.464 e. The van der Waals surface area contributed by atoms with Gasteiger partial charge in [0.15, 0.2) is 0 Å². The smallest absolute Gasteiger partial charge is 0.328 e. The van der Waals surface area contributed by atoms with E-state index >= 15 is 0 Å². The third kappa shape index (κ3) is 6.88. The predicted octanol–water partition coefficient (Wildman–Crippen LogP) is 6.88. The maximum absolute atomic E-state index is 12.8. The third-order valence-electron chi connectivity index (χ3n) is 5.10. The van der Waals surface area contributed by atoms with Gasteiger partial charge in [0.1, 0.15) is 6.04 Å². The zero-order chi connectivity index (χ0) is 21.4. The first-order valence-electron chi connectivity index (χ1n) is 10.5. The fourth-order valence-corrected chi connectivity index (χ4v) is 3.62. The first kappa shape index (κ1) is 23.5. The minimum absolute atomic E-state index is 0.124. The minimum atomic E-state index is -0.293. The third-order valence-corrected chi connectivity index (χ3v) is 5.63. The van der Waals surface area contributed by atoms with E-state index in [0.29, 0.717) is 13.2 Å². The molecule has 0 spiro atoms. The summed E-state index contributed by atoms with van der Waals surface area (Å²) >= 11 is 3.51. The molecule has 158 valence electrons. The maximum Gasteiger partial charge on any atom is 0.328 e. The minimum Gasteiger partial charge on any atom is -0.464 e. The van der Waals surface area contributed by atoms with Gasteiger partial charge in [-0.2, -0.15) is 0 Å². The van der Waals surface area contributed by atoms with Crippen molar-refractivity contribution in [2.45, 2.75) is 71.9 Å². The number of hydrogen-bond acceptors (Lipinski definition) is 3. The molecule has 0 amide bonds. The van der Waals surface area contributed by atoms with E-state index in [9.17, 15) is 4.79 Å². The van der Waals surface area contributed by atoms with Crippen LogP contribution in [0.2, 0.25) is 0 Å². The summed E-state index contributed by atoms with van der Waals surface area (Å²) in [6, 6.07) is 16.6. The summed E-state index contributed by atoms with van der Waals surface area (Å²) in [6.45, 7) is 11.7. The van der Waals surface area contributed by atoms with E-state index in [-0.39, 0.29) is 17.4 Å². The van der Waals surface area contributed by atoms with Gasteiger partial charge in [0, 0.05) is 16.7 Å². The highest BCUT2D eigenvalue weighted by Crippen LogP contribution is 2.27. The highest BCUT2D eigenvalue weighted by atomic mass is 79.9. The summed E-state index contributed by atoms with van der Waals surface area (Å²) in [4.78, 5) is 15.0. The van der Waals surface area contributed by atoms with Gasteiger partial charge >= 0.3 is 5.97 Å². The Bertz CT molecular complexity index is 763. The quantitative estimate of drug-likeness (QED) is 0.382. The Hall–Kier alpha value is -1.81. The molecule has 0 saturated carbocycles. The fraction of sp³-hybridized carbons (Fsp3) is 0.480. The zero-order valence-electron chi connectivity index (χ0n) is 18.4. The van der Waals surface area contributed by atoms with Crippen LogP contribution in [0, 0.1) is 0 Å². The molecule has 1 unspecified atom stereocenters. The van der Waals surface area contributed by atoms with Crippen molar-refractivity contribution in [3.8, 4) is 0 Å². The van der Waals surface area contributed by atoms with E-state index in [2.05, 4.69) is 84.9 Å². The molecular formula is C25H34BrNO2. The lowest BCUT2D eigenvalue weighted by molar-refractivity contribution is -0.145. The van der Waals surface area contributed by atoms with E-state index in [1.54, 1.807) is 0 Å². The van der Waals surface area contributed by atoms with Crippen LogP contribution in [0.5, 0.6) is 0 Å². The van der Waals surface area contributed by atoms with Crippen LogP contribution < -0.4 is 4.90 Å². The molecule has 0 saturated heterocycles. The van der Waals surface area contributed by atoms with E-state index < -0.39 is 0 Å². The molecule has 2 aromatic rings. The molecule has 3 nitrogen and oxygen atoms in total. The van der Waals surface area contributed by atoms with E-state index in [1.807, 2.05) is 19.1 Å². The average Bonchev–Trinajstić information content (AvgIpc) is 2.68. The van der Waals surface area contributed by atoms with E-state index in [1.165, 1.54) is 11.1 Å². The number of halogens is 1. The monoisotopic (exact) mass is 459 g/mol. The molecule has 0 aliphatic rings. The van der Waals surface area contributed by atoms with Crippen molar-refractivity contribution < 1.29 is 9.53 Å². The van der Waals surface area contributed by atoms with Crippen LogP contribution in [0.25, 0.3) is 0 Å². The molecule has 0 fully saturated rings. The van der Waals surface area contributed by atoms with Gasteiger partial charge in [-0.05, 0) is 54.2 Å². The van der Waals surface area contributed by atoms with Crippen molar-refractivity contribution in [1.29, 1.82) is 0 Å². The Kier molecular flexibility index (Phi) is 8.76.